The molecule has 1 amide bonds. The maximum atomic E-state index is 12.0. The van der Waals surface area contributed by atoms with Crippen LogP contribution in [0.5, 0.6) is 0 Å². The molecule has 4 nitrogen and oxygen atoms in total. The zero-order valence-electron chi connectivity index (χ0n) is 12.1. The summed E-state index contributed by atoms with van der Waals surface area (Å²) in [4.78, 5) is 16.4. The Morgan fingerprint density at radius 1 is 1.33 bits per heavy atom. The average molecular weight is 256 g/mol. The molecule has 0 aromatic rings. The van der Waals surface area contributed by atoms with E-state index in [-0.39, 0.29) is 12.5 Å². The summed E-state index contributed by atoms with van der Waals surface area (Å²) in [6, 6.07) is 1.01. The largest absolute Gasteiger partial charge is 0.396 e. The molecule has 0 aromatic heterocycles. The van der Waals surface area contributed by atoms with Gasteiger partial charge in [0.15, 0.2) is 0 Å². The monoisotopic (exact) mass is 256 g/mol. The third-order valence-corrected chi connectivity index (χ3v) is 3.97. The van der Waals surface area contributed by atoms with Crippen molar-refractivity contribution in [2.24, 2.45) is 0 Å². The topological polar surface area (TPSA) is 43.8 Å². The molecular weight excluding hydrogens is 228 g/mol. The Kier molecular flexibility index (Phi) is 6.65. The number of amides is 1. The molecule has 0 aliphatic carbocycles. The van der Waals surface area contributed by atoms with Crippen LogP contribution in [0.25, 0.3) is 0 Å². The van der Waals surface area contributed by atoms with E-state index in [0.717, 1.165) is 38.8 Å². The predicted molar refractivity (Wildman–Crippen MR) is 73.4 cm³/mol. The quantitative estimate of drug-likeness (QED) is 0.732. The number of carbonyl (C=O) groups excluding carboxylic acids is 1. The first kappa shape index (κ1) is 15.4. The van der Waals surface area contributed by atoms with Gasteiger partial charge in [-0.05, 0) is 39.5 Å². The maximum Gasteiger partial charge on any atom is 0.222 e. The van der Waals surface area contributed by atoms with Crippen LogP contribution in [0.2, 0.25) is 0 Å². The molecule has 1 rings (SSSR count). The van der Waals surface area contributed by atoms with Crippen molar-refractivity contribution in [1.82, 2.24) is 9.80 Å². The fraction of sp³-hybridized carbons (Fsp3) is 0.929. The minimum atomic E-state index is 0.184. The van der Waals surface area contributed by atoms with E-state index in [0.29, 0.717) is 18.5 Å². The molecule has 0 bridgehead atoms. The molecule has 106 valence electrons. The zero-order chi connectivity index (χ0) is 13.5. The highest BCUT2D eigenvalue weighted by Gasteiger charge is 2.25. The van der Waals surface area contributed by atoms with Gasteiger partial charge in [-0.3, -0.25) is 4.79 Å². The molecule has 0 spiro atoms. The molecule has 0 saturated carbocycles. The predicted octanol–water partition coefficient (Wildman–Crippen LogP) is 1.48. The number of carbonyl (C=O) groups is 1. The van der Waals surface area contributed by atoms with Crippen LogP contribution in [0.3, 0.4) is 0 Å². The molecule has 1 N–H and O–H groups in total. The van der Waals surface area contributed by atoms with Crippen molar-refractivity contribution < 1.29 is 9.90 Å². The summed E-state index contributed by atoms with van der Waals surface area (Å²) in [5, 5.41) is 8.72. The molecule has 18 heavy (non-hydrogen) atoms. The van der Waals surface area contributed by atoms with Gasteiger partial charge in [0.2, 0.25) is 5.91 Å². The molecule has 4 heteroatoms. The summed E-state index contributed by atoms with van der Waals surface area (Å²) >= 11 is 0. The lowest BCUT2D eigenvalue weighted by molar-refractivity contribution is -0.133. The van der Waals surface area contributed by atoms with Gasteiger partial charge >= 0.3 is 0 Å². The first-order valence-electron chi connectivity index (χ1n) is 7.16. The van der Waals surface area contributed by atoms with Crippen LogP contribution >= 0.6 is 0 Å². The number of likely N-dealkylation sites (tertiary alicyclic amines) is 1. The van der Waals surface area contributed by atoms with E-state index >= 15 is 0 Å². The minimum Gasteiger partial charge on any atom is -0.396 e. The van der Waals surface area contributed by atoms with Gasteiger partial charge in [0.25, 0.3) is 0 Å². The van der Waals surface area contributed by atoms with E-state index in [9.17, 15) is 4.79 Å². The summed E-state index contributed by atoms with van der Waals surface area (Å²) in [5.74, 6) is 0.228. The number of hydrogen-bond donors (Lipinski definition) is 1. The highest BCUT2D eigenvalue weighted by atomic mass is 16.3. The number of rotatable bonds is 6. The normalized spacial score (nSPS) is 18.3. The third-order valence-electron chi connectivity index (χ3n) is 3.97. The van der Waals surface area contributed by atoms with Crippen molar-refractivity contribution in [3.63, 3.8) is 0 Å². The molecule has 1 heterocycles. The molecule has 0 unspecified atom stereocenters. The van der Waals surface area contributed by atoms with E-state index in [4.69, 9.17) is 5.11 Å². The first-order chi connectivity index (χ1) is 8.56. The van der Waals surface area contributed by atoms with Gasteiger partial charge in [0.1, 0.15) is 0 Å². The van der Waals surface area contributed by atoms with Gasteiger partial charge in [0.05, 0.1) is 0 Å². The lowest BCUT2D eigenvalue weighted by atomic mass is 10.0. The van der Waals surface area contributed by atoms with E-state index < -0.39 is 0 Å². The van der Waals surface area contributed by atoms with Crippen LogP contribution in [-0.4, -0.2) is 59.6 Å². The summed E-state index contributed by atoms with van der Waals surface area (Å²) in [7, 11) is 1.93. The Bertz CT molecular complexity index is 248. The van der Waals surface area contributed by atoms with E-state index in [1.807, 2.05) is 11.9 Å². The molecule has 1 aliphatic heterocycles. The van der Waals surface area contributed by atoms with Crippen molar-refractivity contribution >= 4 is 5.91 Å². The summed E-state index contributed by atoms with van der Waals surface area (Å²) in [6.45, 7) is 6.82. The van der Waals surface area contributed by atoms with Gasteiger partial charge < -0.3 is 14.9 Å². The van der Waals surface area contributed by atoms with Crippen molar-refractivity contribution in [3.05, 3.63) is 0 Å². The highest BCUT2D eigenvalue weighted by Crippen LogP contribution is 2.18. The third kappa shape index (κ3) is 4.58. The number of unbranched alkanes of at least 4 members (excludes halogenated alkanes) is 1. The lowest BCUT2D eigenvalue weighted by Crippen LogP contribution is -2.47. The fourth-order valence-corrected chi connectivity index (χ4v) is 2.56. The molecule has 1 saturated heterocycles. The van der Waals surface area contributed by atoms with Crippen molar-refractivity contribution in [1.29, 1.82) is 0 Å². The molecule has 1 fully saturated rings. The summed E-state index contributed by atoms with van der Waals surface area (Å²) in [5.41, 5.74) is 0. The Balaban J connectivity index is 2.30. The summed E-state index contributed by atoms with van der Waals surface area (Å²) in [6.07, 6.45) is 4.26. The fourth-order valence-electron chi connectivity index (χ4n) is 2.56. The number of aliphatic hydroxyl groups is 1. The van der Waals surface area contributed by atoms with E-state index in [1.165, 1.54) is 0 Å². The zero-order valence-corrected chi connectivity index (χ0v) is 12.1. The van der Waals surface area contributed by atoms with Gasteiger partial charge in [-0.25, -0.2) is 0 Å². The average Bonchev–Trinajstić information content (AvgIpc) is 2.38. The second-order valence-corrected chi connectivity index (χ2v) is 5.55. The highest BCUT2D eigenvalue weighted by molar-refractivity contribution is 5.76. The first-order valence-corrected chi connectivity index (χ1v) is 7.16. The lowest BCUT2D eigenvalue weighted by Gasteiger charge is -2.38. The number of piperidine rings is 1. The molecule has 0 radical (unpaired) electrons. The SMILES string of the molecule is CC(C)N1CCC(N(C)C(=O)CCCCO)CC1. The van der Waals surface area contributed by atoms with Crippen LogP contribution in [0, 0.1) is 0 Å². The number of aliphatic hydroxyl groups excluding tert-OH is 1. The molecule has 0 aromatic carbocycles. The summed E-state index contributed by atoms with van der Waals surface area (Å²) < 4.78 is 0. The van der Waals surface area contributed by atoms with Gasteiger partial charge in [0, 0.05) is 45.2 Å². The van der Waals surface area contributed by atoms with Gasteiger partial charge in [-0.1, -0.05) is 0 Å². The van der Waals surface area contributed by atoms with Crippen LogP contribution in [0.4, 0.5) is 0 Å². The second kappa shape index (κ2) is 7.74. The Morgan fingerprint density at radius 3 is 2.44 bits per heavy atom. The number of hydrogen-bond acceptors (Lipinski definition) is 3. The van der Waals surface area contributed by atoms with Gasteiger partial charge in [-0.2, -0.15) is 0 Å². The minimum absolute atomic E-state index is 0.184. The second-order valence-electron chi connectivity index (χ2n) is 5.55. The standard InChI is InChI=1S/C14H28N2O2/c1-12(2)16-9-7-13(8-10-16)15(3)14(18)6-4-5-11-17/h12-13,17H,4-11H2,1-3H3. The van der Waals surface area contributed by atoms with Crippen molar-refractivity contribution in [3.8, 4) is 0 Å². The van der Waals surface area contributed by atoms with E-state index in [1.54, 1.807) is 0 Å². The molecular formula is C14H28N2O2. The maximum absolute atomic E-state index is 12.0. The van der Waals surface area contributed by atoms with Crippen LogP contribution in [0.15, 0.2) is 0 Å². The molecule has 1 aliphatic rings. The smallest absolute Gasteiger partial charge is 0.222 e. The van der Waals surface area contributed by atoms with Crippen molar-refractivity contribution in [2.45, 2.75) is 58.0 Å². The Morgan fingerprint density at radius 2 is 1.94 bits per heavy atom. The Labute approximate surface area is 111 Å². The van der Waals surface area contributed by atoms with Crippen molar-refractivity contribution in [2.75, 3.05) is 26.7 Å². The Hall–Kier alpha value is -0.610. The molecule has 0 atom stereocenters. The van der Waals surface area contributed by atoms with Crippen LogP contribution in [0.1, 0.15) is 46.0 Å². The van der Waals surface area contributed by atoms with Crippen LogP contribution in [-0.2, 0) is 4.79 Å². The van der Waals surface area contributed by atoms with Crippen LogP contribution < -0.4 is 0 Å². The van der Waals surface area contributed by atoms with Gasteiger partial charge in [-0.15, -0.1) is 0 Å². The van der Waals surface area contributed by atoms with E-state index in [2.05, 4.69) is 18.7 Å². The number of nitrogens with zero attached hydrogens (tertiary/aromatic N) is 2.